The Labute approximate surface area is 253 Å². The third-order valence-corrected chi connectivity index (χ3v) is 9.96. The number of aromatic nitrogens is 1. The Hall–Kier alpha value is -4.93. The molecule has 1 aromatic heterocycles. The summed E-state index contributed by atoms with van der Waals surface area (Å²) >= 11 is 7.53. The summed E-state index contributed by atoms with van der Waals surface area (Å²) in [6.45, 7) is 0. The number of nitrogens with one attached hydrogen (secondary N) is 1. The van der Waals surface area contributed by atoms with Crippen LogP contribution in [0.4, 0.5) is 16.5 Å². The van der Waals surface area contributed by atoms with E-state index in [1.807, 2.05) is 72.8 Å². The van der Waals surface area contributed by atoms with Gasteiger partial charge in [0.05, 0.1) is 32.4 Å². The standard InChI is InChI=1S/C32H20ClN5O4S/c33-17-13-14-23(24(15-17)38(41)42)37-29(39)27-26-18-7-1-3-9-20(18)32(28(27)30(37)40,21-10-4-2-8-19(21)26)16-34-36-31-35-22-11-5-6-12-25(22)43-31/h1-16,26-28H,(H,35,36)/b34-16-/t26?,27-,28-,32?/m0/s1. The Morgan fingerprint density at radius 3 is 2.33 bits per heavy atom. The zero-order chi connectivity index (χ0) is 29.5. The van der Waals surface area contributed by atoms with Gasteiger partial charge in [-0.3, -0.25) is 25.1 Å². The second kappa shape index (κ2) is 9.29. The molecule has 1 aliphatic heterocycles. The smallest absolute Gasteiger partial charge is 0.274 e. The van der Waals surface area contributed by atoms with E-state index < -0.39 is 45.6 Å². The number of imide groups is 1. The number of halogens is 1. The SMILES string of the molecule is O=C1[C@@H]2[C@@H](C(=O)N1c1ccc(Cl)cc1[N+](=O)[O-])C1c3ccccc3C2(/C=N\Nc2nc3ccccc3s2)c2ccccc21. The first-order chi connectivity index (χ1) is 20.9. The Kier molecular flexibility index (Phi) is 5.56. The summed E-state index contributed by atoms with van der Waals surface area (Å²) in [5, 5.41) is 17.4. The Bertz CT molecular complexity index is 1980. The fourth-order valence-electron chi connectivity index (χ4n) is 7.23. The van der Waals surface area contributed by atoms with Crippen LogP contribution in [-0.2, 0) is 15.0 Å². The summed E-state index contributed by atoms with van der Waals surface area (Å²) in [7, 11) is 0. The van der Waals surface area contributed by atoms with Gasteiger partial charge in [0, 0.05) is 23.2 Å². The molecule has 1 N–H and O–H groups in total. The molecule has 4 aliphatic rings. The topological polar surface area (TPSA) is 118 Å². The van der Waals surface area contributed by atoms with E-state index in [-0.39, 0.29) is 10.7 Å². The average Bonchev–Trinajstić information content (AvgIpc) is 3.55. The number of para-hydroxylation sites is 1. The van der Waals surface area contributed by atoms with Crippen molar-refractivity contribution in [2.24, 2.45) is 16.9 Å². The molecular weight excluding hydrogens is 586 g/mol. The van der Waals surface area contributed by atoms with Crippen molar-refractivity contribution in [2.75, 3.05) is 10.3 Å². The molecule has 0 spiro atoms. The van der Waals surface area contributed by atoms with Crippen LogP contribution >= 0.6 is 22.9 Å². The molecule has 4 aromatic carbocycles. The van der Waals surface area contributed by atoms with E-state index in [4.69, 9.17) is 11.6 Å². The van der Waals surface area contributed by atoms with Crippen LogP contribution in [0.25, 0.3) is 10.2 Å². The first kappa shape index (κ1) is 25.8. The number of thiazole rings is 1. The van der Waals surface area contributed by atoms with Crippen molar-refractivity contribution < 1.29 is 14.5 Å². The zero-order valence-corrected chi connectivity index (χ0v) is 23.8. The number of fused-ring (bicyclic) bond motifs is 1. The zero-order valence-electron chi connectivity index (χ0n) is 22.2. The second-order valence-corrected chi connectivity index (χ2v) is 12.3. The monoisotopic (exact) mass is 605 g/mol. The maximum absolute atomic E-state index is 14.5. The van der Waals surface area contributed by atoms with E-state index in [9.17, 15) is 19.7 Å². The van der Waals surface area contributed by atoms with Gasteiger partial charge in [0.2, 0.25) is 16.9 Å². The highest BCUT2D eigenvalue weighted by molar-refractivity contribution is 7.22. The molecule has 0 saturated carbocycles. The van der Waals surface area contributed by atoms with Gasteiger partial charge >= 0.3 is 0 Å². The minimum Gasteiger partial charge on any atom is -0.274 e. The predicted octanol–water partition coefficient (Wildman–Crippen LogP) is 6.51. The number of hydrogen-bond donors (Lipinski definition) is 1. The summed E-state index contributed by atoms with van der Waals surface area (Å²) in [4.78, 5) is 45.9. The highest BCUT2D eigenvalue weighted by Gasteiger charge is 2.68. The van der Waals surface area contributed by atoms with E-state index in [0.717, 1.165) is 43.4 Å². The van der Waals surface area contributed by atoms with Crippen molar-refractivity contribution in [2.45, 2.75) is 11.3 Å². The molecule has 2 bridgehead atoms. The van der Waals surface area contributed by atoms with Crippen LogP contribution in [0.1, 0.15) is 28.2 Å². The van der Waals surface area contributed by atoms with Crippen LogP contribution in [0.15, 0.2) is 96.1 Å². The molecule has 2 heterocycles. The van der Waals surface area contributed by atoms with Gasteiger partial charge in [0.15, 0.2) is 0 Å². The van der Waals surface area contributed by atoms with Gasteiger partial charge in [-0.05, 0) is 46.5 Å². The number of hydrazone groups is 1. The molecule has 0 radical (unpaired) electrons. The van der Waals surface area contributed by atoms with Gasteiger partial charge in [-0.1, -0.05) is 83.6 Å². The van der Waals surface area contributed by atoms with Crippen LogP contribution in [-0.4, -0.2) is 27.9 Å². The molecule has 210 valence electrons. The van der Waals surface area contributed by atoms with Gasteiger partial charge in [0.1, 0.15) is 5.69 Å². The van der Waals surface area contributed by atoms with Crippen LogP contribution < -0.4 is 10.3 Å². The molecule has 2 amide bonds. The van der Waals surface area contributed by atoms with Crippen molar-refractivity contribution in [3.8, 4) is 0 Å². The van der Waals surface area contributed by atoms with E-state index in [1.165, 1.54) is 23.5 Å². The quantitative estimate of drug-likeness (QED) is 0.106. The third-order valence-electron chi connectivity index (χ3n) is 8.78. The number of carbonyl (C=O) groups is 2. The number of nitrogens with zero attached hydrogens (tertiary/aromatic N) is 4. The number of nitro groups is 1. The first-order valence-electron chi connectivity index (χ1n) is 13.6. The maximum Gasteiger partial charge on any atom is 0.294 e. The number of amides is 2. The lowest BCUT2D eigenvalue weighted by atomic mass is 9.47. The van der Waals surface area contributed by atoms with Crippen molar-refractivity contribution in [1.82, 2.24) is 4.98 Å². The lowest BCUT2D eigenvalue weighted by Gasteiger charge is -2.52. The first-order valence-corrected chi connectivity index (χ1v) is 14.8. The van der Waals surface area contributed by atoms with E-state index in [2.05, 4.69) is 15.5 Å². The number of anilines is 2. The lowest BCUT2D eigenvalue weighted by molar-refractivity contribution is -0.384. The van der Waals surface area contributed by atoms with Gasteiger partial charge in [0.25, 0.3) is 5.69 Å². The second-order valence-electron chi connectivity index (χ2n) is 10.8. The van der Waals surface area contributed by atoms with Gasteiger partial charge < -0.3 is 0 Å². The molecular formula is C32H20ClN5O4S. The van der Waals surface area contributed by atoms with Crippen molar-refractivity contribution in [3.05, 3.63) is 128 Å². The van der Waals surface area contributed by atoms with Crippen LogP contribution in [0.5, 0.6) is 0 Å². The van der Waals surface area contributed by atoms with Gasteiger partial charge in [-0.25, -0.2) is 9.88 Å². The van der Waals surface area contributed by atoms with E-state index >= 15 is 0 Å². The summed E-state index contributed by atoms with van der Waals surface area (Å²) in [6, 6.07) is 27.3. The van der Waals surface area contributed by atoms with Crippen molar-refractivity contribution in [1.29, 1.82) is 0 Å². The minimum absolute atomic E-state index is 0.0917. The molecule has 0 unspecified atom stereocenters. The summed E-state index contributed by atoms with van der Waals surface area (Å²) < 4.78 is 1.00. The Balaban J connectivity index is 1.32. The number of hydrogen-bond acceptors (Lipinski definition) is 8. The van der Waals surface area contributed by atoms with Crippen molar-refractivity contribution in [3.63, 3.8) is 0 Å². The summed E-state index contributed by atoms with van der Waals surface area (Å²) in [6.07, 6.45) is 1.72. The fraction of sp³-hybridized carbons (Fsp3) is 0.125. The van der Waals surface area contributed by atoms with Gasteiger partial charge in [-0.15, -0.1) is 0 Å². The van der Waals surface area contributed by atoms with Crippen molar-refractivity contribution >= 4 is 67.7 Å². The molecule has 11 heteroatoms. The molecule has 3 aliphatic carbocycles. The normalized spacial score (nSPS) is 23.5. The summed E-state index contributed by atoms with van der Waals surface area (Å²) in [5.41, 5.74) is 5.90. The number of carbonyl (C=O) groups excluding carboxylic acids is 2. The van der Waals surface area contributed by atoms with E-state index in [1.54, 1.807) is 6.21 Å². The number of nitro benzene ring substituents is 1. The molecule has 2 atom stereocenters. The Morgan fingerprint density at radius 2 is 1.63 bits per heavy atom. The summed E-state index contributed by atoms with van der Waals surface area (Å²) in [5.74, 6) is -3.07. The number of rotatable bonds is 5. The lowest BCUT2D eigenvalue weighted by Crippen LogP contribution is -2.54. The number of benzene rings is 4. The highest BCUT2D eigenvalue weighted by Crippen LogP contribution is 2.64. The fourth-order valence-corrected chi connectivity index (χ4v) is 8.21. The third kappa shape index (κ3) is 3.50. The molecule has 1 fully saturated rings. The molecule has 43 heavy (non-hydrogen) atoms. The molecule has 1 saturated heterocycles. The minimum atomic E-state index is -1.13. The van der Waals surface area contributed by atoms with Crippen LogP contribution in [0, 0.1) is 22.0 Å². The van der Waals surface area contributed by atoms with Crippen LogP contribution in [0.3, 0.4) is 0 Å². The molecule has 9 nitrogen and oxygen atoms in total. The molecule has 5 aromatic rings. The van der Waals surface area contributed by atoms with Gasteiger partial charge in [-0.2, -0.15) is 5.10 Å². The average molecular weight is 606 g/mol. The largest absolute Gasteiger partial charge is 0.294 e. The highest BCUT2D eigenvalue weighted by atomic mass is 35.5. The Morgan fingerprint density at radius 1 is 0.953 bits per heavy atom. The van der Waals surface area contributed by atoms with Crippen LogP contribution in [0.2, 0.25) is 5.02 Å². The van der Waals surface area contributed by atoms with E-state index in [0.29, 0.717) is 5.13 Å². The molecule has 9 rings (SSSR count). The maximum atomic E-state index is 14.5. The predicted molar refractivity (Wildman–Crippen MR) is 165 cm³/mol.